The molecular weight excluding hydrogens is 313 g/mol. The average molecular weight is 333 g/mol. The number of nitrogens with one attached hydrogen (secondary N) is 1. The van der Waals surface area contributed by atoms with Gasteiger partial charge < -0.3 is 4.90 Å². The quantitative estimate of drug-likeness (QED) is 0.932. The third-order valence-corrected chi connectivity index (χ3v) is 5.00. The zero-order valence-electron chi connectivity index (χ0n) is 13.1. The summed E-state index contributed by atoms with van der Waals surface area (Å²) in [6.07, 6.45) is 5.84. The fourth-order valence-corrected chi connectivity index (χ4v) is 3.85. The van der Waals surface area contributed by atoms with Crippen molar-refractivity contribution in [2.24, 2.45) is 5.92 Å². The van der Waals surface area contributed by atoms with Crippen LogP contribution >= 0.6 is 11.8 Å². The van der Waals surface area contributed by atoms with Crippen LogP contribution in [0.2, 0.25) is 0 Å². The molecule has 1 fully saturated rings. The van der Waals surface area contributed by atoms with Crippen molar-refractivity contribution in [3.05, 3.63) is 41.8 Å². The molecule has 3 rings (SSSR count). The van der Waals surface area contributed by atoms with Crippen molar-refractivity contribution in [1.82, 2.24) is 15.1 Å². The van der Waals surface area contributed by atoms with E-state index in [4.69, 9.17) is 0 Å². The van der Waals surface area contributed by atoms with E-state index in [0.717, 1.165) is 25.3 Å². The van der Waals surface area contributed by atoms with E-state index in [0.29, 0.717) is 22.7 Å². The minimum atomic E-state index is -0.325. The summed E-state index contributed by atoms with van der Waals surface area (Å²) in [5.74, 6) is 1.27. The molecule has 0 radical (unpaired) electrons. The van der Waals surface area contributed by atoms with Gasteiger partial charge in [-0.1, -0.05) is 12.1 Å². The fraction of sp³-hybridized carbons (Fsp3) is 0.412. The van der Waals surface area contributed by atoms with Gasteiger partial charge in [-0.05, 0) is 42.9 Å². The second-order valence-corrected chi connectivity index (χ2v) is 6.79. The van der Waals surface area contributed by atoms with Crippen LogP contribution in [0.4, 0.5) is 4.39 Å². The molecule has 0 unspecified atom stereocenters. The Kier molecular flexibility index (Phi) is 5.00. The van der Waals surface area contributed by atoms with E-state index < -0.39 is 0 Å². The van der Waals surface area contributed by atoms with Gasteiger partial charge in [0.25, 0.3) is 5.91 Å². The van der Waals surface area contributed by atoms with Crippen molar-refractivity contribution in [1.29, 1.82) is 0 Å². The molecule has 0 spiro atoms. The lowest BCUT2D eigenvalue weighted by atomic mass is 9.99. The lowest BCUT2D eigenvalue weighted by Gasteiger charge is -2.32. The van der Waals surface area contributed by atoms with E-state index in [2.05, 4.69) is 16.5 Å². The number of carbonyl (C=O) groups is 1. The highest BCUT2D eigenvalue weighted by Crippen LogP contribution is 2.26. The highest BCUT2D eigenvalue weighted by atomic mass is 32.2. The molecule has 1 aliphatic rings. The number of hydrogen-bond donors (Lipinski definition) is 1. The summed E-state index contributed by atoms with van der Waals surface area (Å²) in [6, 6.07) is 6.21. The Bertz CT molecular complexity index is 686. The van der Waals surface area contributed by atoms with E-state index in [1.54, 1.807) is 18.3 Å². The summed E-state index contributed by atoms with van der Waals surface area (Å²) in [5, 5.41) is 6.84. The number of hydrogen-bond acceptors (Lipinski definition) is 3. The minimum absolute atomic E-state index is 0.0242. The number of carbonyl (C=O) groups excluding carboxylic acids is 1. The highest BCUT2D eigenvalue weighted by Gasteiger charge is 2.26. The molecule has 23 heavy (non-hydrogen) atoms. The van der Waals surface area contributed by atoms with Gasteiger partial charge in [0.1, 0.15) is 5.82 Å². The van der Waals surface area contributed by atoms with Gasteiger partial charge in [0, 0.05) is 18.7 Å². The summed E-state index contributed by atoms with van der Waals surface area (Å²) in [7, 11) is 0. The van der Waals surface area contributed by atoms with Crippen molar-refractivity contribution in [2.45, 2.75) is 12.8 Å². The molecule has 1 aliphatic heterocycles. The van der Waals surface area contributed by atoms with E-state index in [1.807, 2.05) is 16.7 Å². The maximum absolute atomic E-state index is 13.5. The van der Waals surface area contributed by atoms with Crippen LogP contribution < -0.4 is 0 Å². The number of likely N-dealkylation sites (tertiary alicyclic amines) is 1. The topological polar surface area (TPSA) is 49.0 Å². The third-order valence-electron chi connectivity index (χ3n) is 4.19. The smallest absolute Gasteiger partial charge is 0.257 e. The summed E-state index contributed by atoms with van der Waals surface area (Å²) in [4.78, 5) is 14.8. The Hall–Kier alpha value is -1.82. The number of amides is 1. The first-order chi connectivity index (χ1) is 11.2. The molecule has 1 aromatic heterocycles. The maximum atomic E-state index is 13.5. The molecule has 2 aromatic rings. The molecule has 6 heteroatoms. The monoisotopic (exact) mass is 333 g/mol. The van der Waals surface area contributed by atoms with Gasteiger partial charge >= 0.3 is 0 Å². The number of H-pyrrole nitrogens is 1. The van der Waals surface area contributed by atoms with Gasteiger partial charge in [0.05, 0.1) is 17.5 Å². The summed E-state index contributed by atoms with van der Waals surface area (Å²) >= 11 is 1.82. The number of piperidine rings is 1. The van der Waals surface area contributed by atoms with Crippen LogP contribution in [0.3, 0.4) is 0 Å². The molecule has 0 saturated carbocycles. The third kappa shape index (κ3) is 3.58. The van der Waals surface area contributed by atoms with Gasteiger partial charge in [0.2, 0.25) is 0 Å². The van der Waals surface area contributed by atoms with E-state index in [9.17, 15) is 9.18 Å². The molecule has 0 bridgehead atoms. The van der Waals surface area contributed by atoms with E-state index in [1.165, 1.54) is 18.6 Å². The van der Waals surface area contributed by atoms with Crippen LogP contribution in [0.15, 0.2) is 30.5 Å². The van der Waals surface area contributed by atoms with Crippen LogP contribution in [-0.4, -0.2) is 46.1 Å². The van der Waals surface area contributed by atoms with E-state index in [-0.39, 0.29) is 11.7 Å². The molecule has 2 heterocycles. The largest absolute Gasteiger partial charge is 0.338 e. The predicted octanol–water partition coefficient (Wildman–Crippen LogP) is 3.43. The van der Waals surface area contributed by atoms with Crippen molar-refractivity contribution in [3.63, 3.8) is 0 Å². The lowest BCUT2D eigenvalue weighted by molar-refractivity contribution is 0.0686. The number of benzene rings is 1. The average Bonchev–Trinajstić information content (AvgIpc) is 3.04. The van der Waals surface area contributed by atoms with Crippen LogP contribution in [0.25, 0.3) is 11.3 Å². The molecule has 1 saturated heterocycles. The summed E-state index contributed by atoms with van der Waals surface area (Å²) in [5.41, 5.74) is 1.74. The lowest BCUT2D eigenvalue weighted by Crippen LogP contribution is -2.40. The molecule has 1 amide bonds. The minimum Gasteiger partial charge on any atom is -0.338 e. The van der Waals surface area contributed by atoms with Gasteiger partial charge in [-0.15, -0.1) is 0 Å². The zero-order valence-corrected chi connectivity index (χ0v) is 13.9. The van der Waals surface area contributed by atoms with Gasteiger partial charge in [-0.2, -0.15) is 16.9 Å². The van der Waals surface area contributed by atoms with Crippen LogP contribution in [0.1, 0.15) is 23.2 Å². The van der Waals surface area contributed by atoms with Crippen molar-refractivity contribution in [2.75, 3.05) is 25.1 Å². The Morgan fingerprint density at radius 3 is 3.17 bits per heavy atom. The number of rotatable bonds is 4. The first kappa shape index (κ1) is 16.1. The van der Waals surface area contributed by atoms with Gasteiger partial charge in [0.15, 0.2) is 0 Å². The number of aromatic nitrogens is 2. The summed E-state index contributed by atoms with van der Waals surface area (Å²) in [6.45, 7) is 1.56. The molecule has 1 atom stereocenters. The van der Waals surface area contributed by atoms with Crippen molar-refractivity contribution >= 4 is 17.7 Å². The molecule has 1 N–H and O–H groups in total. The second-order valence-electron chi connectivity index (χ2n) is 5.88. The Morgan fingerprint density at radius 2 is 2.39 bits per heavy atom. The van der Waals surface area contributed by atoms with Gasteiger partial charge in [-0.25, -0.2) is 4.39 Å². The molecule has 0 aliphatic carbocycles. The molecule has 4 nitrogen and oxygen atoms in total. The normalized spacial score (nSPS) is 18.2. The standard InChI is InChI=1S/C17H20FN3OS/c1-23-11-12-4-3-7-21(10-12)17(22)15-9-19-20-16(15)13-5-2-6-14(18)8-13/h2,5-6,8-9,12H,3-4,7,10-11H2,1H3,(H,19,20)/t12-/m0/s1. The number of thioether (sulfide) groups is 1. The number of nitrogens with zero attached hydrogens (tertiary/aromatic N) is 2. The molecular formula is C17H20FN3OS. The van der Waals surface area contributed by atoms with E-state index >= 15 is 0 Å². The molecule has 1 aromatic carbocycles. The highest BCUT2D eigenvalue weighted by molar-refractivity contribution is 7.98. The second kappa shape index (κ2) is 7.17. The van der Waals surface area contributed by atoms with Crippen LogP contribution in [0, 0.1) is 11.7 Å². The Labute approximate surface area is 139 Å². The van der Waals surface area contributed by atoms with Gasteiger partial charge in [-0.3, -0.25) is 9.89 Å². The van der Waals surface area contributed by atoms with Crippen LogP contribution in [0.5, 0.6) is 0 Å². The first-order valence-electron chi connectivity index (χ1n) is 7.76. The zero-order chi connectivity index (χ0) is 16.2. The molecule has 122 valence electrons. The predicted molar refractivity (Wildman–Crippen MR) is 91.0 cm³/mol. The Morgan fingerprint density at radius 1 is 1.52 bits per heavy atom. The summed E-state index contributed by atoms with van der Waals surface area (Å²) < 4.78 is 13.5. The SMILES string of the molecule is CSC[C@H]1CCCN(C(=O)c2cn[nH]c2-c2cccc(F)c2)C1. The van der Waals surface area contributed by atoms with Crippen LogP contribution in [-0.2, 0) is 0 Å². The first-order valence-corrected chi connectivity index (χ1v) is 9.16. The van der Waals surface area contributed by atoms with Crippen molar-refractivity contribution < 1.29 is 9.18 Å². The maximum Gasteiger partial charge on any atom is 0.257 e. The van der Waals surface area contributed by atoms with Crippen molar-refractivity contribution in [3.8, 4) is 11.3 Å². The fourth-order valence-electron chi connectivity index (χ4n) is 3.10. The Balaban J connectivity index is 1.82. The number of halogens is 1. The number of aromatic amines is 1.